The molecule has 0 bridgehead atoms. The third-order valence-corrected chi connectivity index (χ3v) is 5.58. The number of nitrogens with one attached hydrogen (secondary N) is 1. The molecule has 30 heavy (non-hydrogen) atoms. The van der Waals surface area contributed by atoms with Crippen molar-refractivity contribution < 1.29 is 9.53 Å². The van der Waals surface area contributed by atoms with E-state index in [9.17, 15) is 4.79 Å². The van der Waals surface area contributed by atoms with Crippen molar-refractivity contribution in [1.29, 1.82) is 0 Å². The van der Waals surface area contributed by atoms with E-state index in [2.05, 4.69) is 43.1 Å². The van der Waals surface area contributed by atoms with Crippen LogP contribution >= 0.6 is 34.4 Å². The van der Waals surface area contributed by atoms with Crippen LogP contribution in [0.4, 0.5) is 0 Å². The van der Waals surface area contributed by atoms with Gasteiger partial charge in [-0.05, 0) is 71.8 Å². The highest BCUT2D eigenvalue weighted by Crippen LogP contribution is 2.22. The van der Waals surface area contributed by atoms with Gasteiger partial charge in [0, 0.05) is 11.4 Å². The molecule has 2 aromatic carbocycles. The number of aryl methyl sites for hydroxylation is 2. The van der Waals surface area contributed by atoms with E-state index in [1.54, 1.807) is 6.21 Å². The molecular weight excluding hydrogens is 511 g/mol. The van der Waals surface area contributed by atoms with Crippen molar-refractivity contribution in [3.05, 3.63) is 80.7 Å². The van der Waals surface area contributed by atoms with Crippen LogP contribution in [0.3, 0.4) is 0 Å². The first-order valence-corrected chi connectivity index (χ1v) is 11.3. The monoisotopic (exact) mass is 532 g/mol. The molecule has 154 valence electrons. The third-order valence-electron chi connectivity index (χ3n) is 3.89. The lowest BCUT2D eigenvalue weighted by molar-refractivity contribution is -0.118. The zero-order chi connectivity index (χ0) is 21.3. The number of nitrogens with zero attached hydrogens (tertiary/aromatic N) is 3. The maximum Gasteiger partial charge on any atom is 0.250 e. The standard InChI is InChI=1S/C22H21IN4O2S/c1-15-10-16(2)26-22(25-15)30-14-21(28)27-24-12-18-8-9-20(19(23)11-18)29-13-17-6-4-3-5-7-17/h3-12H,13-14H2,1-2H3,(H,27,28)/b24-12-. The maximum absolute atomic E-state index is 12.0. The van der Waals surface area contributed by atoms with E-state index in [4.69, 9.17) is 4.74 Å². The molecule has 3 rings (SSSR count). The average Bonchev–Trinajstić information content (AvgIpc) is 2.72. The Balaban J connectivity index is 1.48. The molecular formula is C22H21IN4O2S. The van der Waals surface area contributed by atoms with E-state index in [-0.39, 0.29) is 11.7 Å². The lowest BCUT2D eigenvalue weighted by Crippen LogP contribution is -2.19. The number of aromatic nitrogens is 2. The molecule has 0 unspecified atom stereocenters. The fourth-order valence-corrected chi connectivity index (χ4v) is 3.99. The summed E-state index contributed by atoms with van der Waals surface area (Å²) in [6, 6.07) is 17.7. The SMILES string of the molecule is Cc1cc(C)nc(SCC(=O)N/N=C\c2ccc(OCc3ccccc3)c(I)c2)n1. The Bertz CT molecular complexity index is 1020. The van der Waals surface area contributed by atoms with Gasteiger partial charge in [0.15, 0.2) is 5.16 Å². The highest BCUT2D eigenvalue weighted by Gasteiger charge is 2.06. The van der Waals surface area contributed by atoms with Gasteiger partial charge in [0.05, 0.1) is 15.5 Å². The second-order valence-electron chi connectivity index (χ2n) is 6.48. The molecule has 0 aliphatic rings. The fraction of sp³-hybridized carbons (Fsp3) is 0.182. The molecule has 0 saturated carbocycles. The van der Waals surface area contributed by atoms with Gasteiger partial charge in [0.1, 0.15) is 12.4 Å². The van der Waals surface area contributed by atoms with E-state index in [0.717, 1.165) is 31.8 Å². The summed E-state index contributed by atoms with van der Waals surface area (Å²) in [5, 5.41) is 4.62. The van der Waals surface area contributed by atoms with Gasteiger partial charge in [0.25, 0.3) is 5.91 Å². The molecule has 0 fully saturated rings. The van der Waals surface area contributed by atoms with E-state index in [1.165, 1.54) is 11.8 Å². The Morgan fingerprint density at radius 1 is 1.13 bits per heavy atom. The normalized spacial score (nSPS) is 10.9. The fourth-order valence-electron chi connectivity index (χ4n) is 2.55. The molecule has 1 N–H and O–H groups in total. The summed E-state index contributed by atoms with van der Waals surface area (Å²) in [6.45, 7) is 4.33. The van der Waals surface area contributed by atoms with Crippen LogP contribution in [0, 0.1) is 17.4 Å². The number of benzene rings is 2. The highest BCUT2D eigenvalue weighted by atomic mass is 127. The minimum atomic E-state index is -0.212. The van der Waals surface area contributed by atoms with Crippen LogP contribution in [0.2, 0.25) is 0 Å². The number of halogens is 1. The first-order valence-electron chi connectivity index (χ1n) is 9.23. The van der Waals surface area contributed by atoms with Crippen molar-refractivity contribution in [1.82, 2.24) is 15.4 Å². The van der Waals surface area contributed by atoms with E-state index in [1.807, 2.05) is 68.4 Å². The van der Waals surface area contributed by atoms with Crippen LogP contribution in [0.1, 0.15) is 22.5 Å². The molecule has 0 radical (unpaired) electrons. The Labute approximate surface area is 193 Å². The van der Waals surface area contributed by atoms with Gasteiger partial charge in [-0.3, -0.25) is 4.79 Å². The molecule has 0 atom stereocenters. The van der Waals surface area contributed by atoms with Crippen LogP contribution in [-0.2, 0) is 11.4 Å². The number of hydrazone groups is 1. The first-order chi connectivity index (χ1) is 14.5. The lowest BCUT2D eigenvalue weighted by Gasteiger charge is -2.09. The zero-order valence-electron chi connectivity index (χ0n) is 16.6. The van der Waals surface area contributed by atoms with E-state index >= 15 is 0 Å². The van der Waals surface area contributed by atoms with Gasteiger partial charge in [-0.1, -0.05) is 42.1 Å². The molecule has 6 nitrogen and oxygen atoms in total. The van der Waals surface area contributed by atoms with Gasteiger partial charge in [-0.15, -0.1) is 0 Å². The van der Waals surface area contributed by atoms with Crippen molar-refractivity contribution >= 4 is 46.5 Å². The number of hydrogen-bond acceptors (Lipinski definition) is 6. The second-order valence-corrected chi connectivity index (χ2v) is 8.58. The van der Waals surface area contributed by atoms with Gasteiger partial charge in [0.2, 0.25) is 0 Å². The highest BCUT2D eigenvalue weighted by molar-refractivity contribution is 14.1. The predicted molar refractivity (Wildman–Crippen MR) is 128 cm³/mol. The van der Waals surface area contributed by atoms with E-state index in [0.29, 0.717) is 11.8 Å². The number of rotatable bonds is 8. The molecule has 3 aromatic rings. The third kappa shape index (κ3) is 7.10. The first kappa shape index (κ1) is 22.2. The maximum atomic E-state index is 12.0. The predicted octanol–water partition coefficient (Wildman–Crippen LogP) is 4.52. The van der Waals surface area contributed by atoms with Gasteiger partial charge < -0.3 is 4.74 Å². The van der Waals surface area contributed by atoms with Gasteiger partial charge in [-0.2, -0.15) is 5.10 Å². The summed E-state index contributed by atoms with van der Waals surface area (Å²) < 4.78 is 6.85. The summed E-state index contributed by atoms with van der Waals surface area (Å²) in [5.41, 5.74) is 6.29. The van der Waals surface area contributed by atoms with Crippen molar-refractivity contribution in [2.75, 3.05) is 5.75 Å². The summed E-state index contributed by atoms with van der Waals surface area (Å²) >= 11 is 3.51. The number of thioether (sulfide) groups is 1. The molecule has 0 aliphatic heterocycles. The van der Waals surface area contributed by atoms with Crippen LogP contribution in [-0.4, -0.2) is 27.8 Å². The molecule has 1 heterocycles. The molecule has 1 aromatic heterocycles. The van der Waals surface area contributed by atoms with Crippen molar-refractivity contribution in [2.45, 2.75) is 25.6 Å². The van der Waals surface area contributed by atoms with Crippen LogP contribution < -0.4 is 10.2 Å². The molecule has 0 aliphatic carbocycles. The Morgan fingerprint density at radius 3 is 2.57 bits per heavy atom. The second kappa shape index (κ2) is 11.1. The summed E-state index contributed by atoms with van der Waals surface area (Å²) in [6.07, 6.45) is 1.61. The number of carbonyl (C=O) groups excluding carboxylic acids is 1. The quantitative estimate of drug-likeness (QED) is 0.152. The number of amides is 1. The Morgan fingerprint density at radius 2 is 1.87 bits per heavy atom. The van der Waals surface area contributed by atoms with Crippen LogP contribution in [0.15, 0.2) is 64.9 Å². The lowest BCUT2D eigenvalue weighted by atomic mass is 10.2. The largest absolute Gasteiger partial charge is 0.488 e. The minimum Gasteiger partial charge on any atom is -0.488 e. The molecule has 0 spiro atoms. The molecule has 1 amide bonds. The summed E-state index contributed by atoms with van der Waals surface area (Å²) in [5.74, 6) is 0.798. The molecule has 0 saturated heterocycles. The minimum absolute atomic E-state index is 0.198. The van der Waals surface area contributed by atoms with E-state index < -0.39 is 0 Å². The topological polar surface area (TPSA) is 76.5 Å². The number of ether oxygens (including phenoxy) is 1. The zero-order valence-corrected chi connectivity index (χ0v) is 19.6. The Kier molecular flexibility index (Phi) is 8.21. The smallest absolute Gasteiger partial charge is 0.250 e. The van der Waals surface area contributed by atoms with Crippen molar-refractivity contribution in [2.24, 2.45) is 5.10 Å². The number of hydrogen-bond donors (Lipinski definition) is 1. The number of carbonyl (C=O) groups is 1. The molecule has 8 heteroatoms. The van der Waals surface area contributed by atoms with Crippen LogP contribution in [0.5, 0.6) is 5.75 Å². The van der Waals surface area contributed by atoms with Crippen molar-refractivity contribution in [3.8, 4) is 5.75 Å². The summed E-state index contributed by atoms with van der Waals surface area (Å²) in [7, 11) is 0. The van der Waals surface area contributed by atoms with Crippen LogP contribution in [0.25, 0.3) is 0 Å². The average molecular weight is 532 g/mol. The van der Waals surface area contributed by atoms with Gasteiger partial charge in [-0.25, -0.2) is 15.4 Å². The Hall–Kier alpha value is -2.46. The van der Waals surface area contributed by atoms with Crippen molar-refractivity contribution in [3.63, 3.8) is 0 Å². The summed E-state index contributed by atoms with van der Waals surface area (Å²) in [4.78, 5) is 20.6. The van der Waals surface area contributed by atoms with Gasteiger partial charge >= 0.3 is 0 Å².